The van der Waals surface area contributed by atoms with Crippen molar-refractivity contribution in [2.75, 3.05) is 10.2 Å². The summed E-state index contributed by atoms with van der Waals surface area (Å²) in [5, 5.41) is 2.38. The number of amides is 2. The molecule has 0 unspecified atom stereocenters. The van der Waals surface area contributed by atoms with Gasteiger partial charge in [-0.05, 0) is 66.2 Å². The Hall–Kier alpha value is -4.40. The van der Waals surface area contributed by atoms with Crippen LogP contribution in [0.3, 0.4) is 0 Å². The summed E-state index contributed by atoms with van der Waals surface area (Å²) < 4.78 is 55.2. The van der Waals surface area contributed by atoms with Gasteiger partial charge < -0.3 is 14.8 Å². The van der Waals surface area contributed by atoms with Crippen LogP contribution in [0.4, 0.5) is 28.9 Å². The lowest BCUT2D eigenvalue weighted by Crippen LogP contribution is -2.30. The second-order valence-electron chi connectivity index (χ2n) is 8.37. The van der Waals surface area contributed by atoms with E-state index in [0.717, 1.165) is 29.1 Å². The fraction of sp³-hybridized carbons (Fsp3) is 0.111. The van der Waals surface area contributed by atoms with E-state index in [9.17, 15) is 27.2 Å². The van der Waals surface area contributed by atoms with Crippen molar-refractivity contribution < 1.29 is 27.2 Å². The molecule has 0 radical (unpaired) electrons. The number of alkyl halides is 3. The number of nitrogens with zero attached hydrogens (tertiary/aromatic N) is 2. The van der Waals surface area contributed by atoms with Crippen LogP contribution in [0.5, 0.6) is 0 Å². The second kappa shape index (κ2) is 8.99. The number of carbonyl (C=O) groups is 2. The number of anilines is 2. The maximum absolute atomic E-state index is 13.5. The highest BCUT2D eigenvalue weighted by molar-refractivity contribution is 6.08. The van der Waals surface area contributed by atoms with Gasteiger partial charge >= 0.3 is 6.18 Å². The molecular weight excluding hydrogens is 474 g/mol. The van der Waals surface area contributed by atoms with Crippen LogP contribution >= 0.6 is 0 Å². The minimum absolute atomic E-state index is 0.194. The molecule has 0 spiro atoms. The van der Waals surface area contributed by atoms with Gasteiger partial charge in [-0.15, -0.1) is 0 Å². The summed E-state index contributed by atoms with van der Waals surface area (Å²) >= 11 is 0. The zero-order valence-electron chi connectivity index (χ0n) is 18.7. The van der Waals surface area contributed by atoms with Crippen molar-refractivity contribution in [2.24, 2.45) is 0 Å². The third kappa shape index (κ3) is 4.47. The van der Waals surface area contributed by atoms with Gasteiger partial charge in [-0.3, -0.25) is 9.59 Å². The van der Waals surface area contributed by atoms with E-state index >= 15 is 0 Å². The van der Waals surface area contributed by atoms with Crippen LogP contribution in [0.15, 0.2) is 85.1 Å². The van der Waals surface area contributed by atoms with E-state index in [2.05, 4.69) is 9.88 Å². The topological polar surface area (TPSA) is 54.3 Å². The molecule has 1 aliphatic heterocycles. The highest BCUT2D eigenvalue weighted by Gasteiger charge is 2.35. The number of rotatable bonds is 3. The number of fused-ring (bicyclic) bond motifs is 2. The number of carbonyl (C=O) groups excluding carboxylic acids is 2. The Kier molecular flexibility index (Phi) is 5.83. The van der Waals surface area contributed by atoms with Crippen molar-refractivity contribution in [3.63, 3.8) is 0 Å². The highest BCUT2D eigenvalue weighted by atomic mass is 19.4. The van der Waals surface area contributed by atoms with Gasteiger partial charge in [0.05, 0.1) is 17.7 Å². The molecule has 1 N–H and O–H groups in total. The molecule has 0 saturated heterocycles. The summed E-state index contributed by atoms with van der Waals surface area (Å²) in [6.45, 7) is 1.00. The van der Waals surface area contributed by atoms with Crippen molar-refractivity contribution in [3.05, 3.63) is 119 Å². The van der Waals surface area contributed by atoms with Gasteiger partial charge in [0.15, 0.2) is 0 Å². The summed E-state index contributed by atoms with van der Waals surface area (Å²) in [5.74, 6) is -2.39. The molecular formula is C27H19F4N3O2. The van der Waals surface area contributed by atoms with Gasteiger partial charge in [0.25, 0.3) is 11.8 Å². The molecule has 5 rings (SSSR count). The Morgan fingerprint density at radius 2 is 1.61 bits per heavy atom. The van der Waals surface area contributed by atoms with E-state index in [0.29, 0.717) is 18.7 Å². The molecule has 2 heterocycles. The monoisotopic (exact) mass is 493 g/mol. The molecule has 1 aromatic heterocycles. The Labute approximate surface area is 203 Å². The van der Waals surface area contributed by atoms with Crippen molar-refractivity contribution >= 4 is 23.2 Å². The predicted molar refractivity (Wildman–Crippen MR) is 126 cm³/mol. The number of halogens is 4. The van der Waals surface area contributed by atoms with Gasteiger partial charge in [-0.2, -0.15) is 13.2 Å². The summed E-state index contributed by atoms with van der Waals surface area (Å²) in [5.41, 5.74) is 1.23. The zero-order valence-corrected chi connectivity index (χ0v) is 18.7. The Balaban J connectivity index is 1.38. The molecule has 36 heavy (non-hydrogen) atoms. The number of aromatic nitrogens is 1. The van der Waals surface area contributed by atoms with Gasteiger partial charge in [0.2, 0.25) is 0 Å². The number of nitrogens with one attached hydrogen (secondary N) is 1. The average Bonchev–Trinajstić information content (AvgIpc) is 3.22. The van der Waals surface area contributed by atoms with E-state index in [1.165, 1.54) is 24.3 Å². The fourth-order valence-electron chi connectivity index (χ4n) is 4.27. The van der Waals surface area contributed by atoms with Crippen LogP contribution in [0.1, 0.15) is 37.5 Å². The smallest absolute Gasteiger partial charge is 0.345 e. The van der Waals surface area contributed by atoms with Crippen LogP contribution in [0, 0.1) is 5.82 Å². The molecule has 0 fully saturated rings. The van der Waals surface area contributed by atoms with E-state index in [1.54, 1.807) is 4.90 Å². The first-order chi connectivity index (χ1) is 17.2. The average molecular weight is 493 g/mol. The Morgan fingerprint density at radius 3 is 2.36 bits per heavy atom. The van der Waals surface area contributed by atoms with Crippen LogP contribution in [-0.4, -0.2) is 16.4 Å². The molecule has 2 amide bonds. The lowest BCUT2D eigenvalue weighted by molar-refractivity contribution is -0.138. The Bertz CT molecular complexity index is 1460. The van der Waals surface area contributed by atoms with Crippen LogP contribution in [0.2, 0.25) is 0 Å². The quantitative estimate of drug-likeness (QED) is 0.351. The van der Waals surface area contributed by atoms with Crippen LogP contribution in [-0.2, 0) is 19.3 Å². The van der Waals surface area contributed by atoms with Crippen molar-refractivity contribution in [3.8, 4) is 0 Å². The number of hydrogen-bond donors (Lipinski definition) is 1. The lowest BCUT2D eigenvalue weighted by atomic mass is 10.1. The van der Waals surface area contributed by atoms with Gasteiger partial charge in [-0.25, -0.2) is 4.39 Å². The normalized spacial score (nSPS) is 12.9. The van der Waals surface area contributed by atoms with Crippen LogP contribution in [0.25, 0.3) is 0 Å². The third-order valence-corrected chi connectivity index (χ3v) is 6.03. The molecule has 3 aromatic carbocycles. The van der Waals surface area contributed by atoms with Gasteiger partial charge in [-0.1, -0.05) is 18.2 Å². The minimum Gasteiger partial charge on any atom is -0.345 e. The minimum atomic E-state index is -4.89. The molecule has 4 aromatic rings. The molecule has 0 atom stereocenters. The lowest BCUT2D eigenvalue weighted by Gasteiger charge is -2.23. The van der Waals surface area contributed by atoms with E-state index < -0.39 is 29.0 Å². The predicted octanol–water partition coefficient (Wildman–Crippen LogP) is 6.11. The third-order valence-electron chi connectivity index (χ3n) is 6.03. The highest BCUT2D eigenvalue weighted by Crippen LogP contribution is 2.33. The van der Waals surface area contributed by atoms with E-state index in [-0.39, 0.29) is 17.7 Å². The maximum Gasteiger partial charge on any atom is 0.417 e. The summed E-state index contributed by atoms with van der Waals surface area (Å²) in [6.07, 6.45) is -2.93. The first-order valence-corrected chi connectivity index (χ1v) is 11.0. The number of benzene rings is 3. The molecule has 182 valence electrons. The van der Waals surface area contributed by atoms with Crippen molar-refractivity contribution in [1.82, 2.24) is 4.57 Å². The van der Waals surface area contributed by atoms with E-state index in [1.807, 2.05) is 42.6 Å². The Morgan fingerprint density at radius 1 is 0.861 bits per heavy atom. The number of hydrogen-bond acceptors (Lipinski definition) is 2. The SMILES string of the molecule is O=C(Nc1ccc(C(=O)N2Cc3cccn3Cc3ccccc32)cc1)c1ccc(F)cc1C(F)(F)F. The largest absolute Gasteiger partial charge is 0.417 e. The second-order valence-corrected chi connectivity index (χ2v) is 8.37. The molecule has 5 nitrogen and oxygen atoms in total. The van der Waals surface area contributed by atoms with E-state index in [4.69, 9.17) is 0 Å². The van der Waals surface area contributed by atoms with Crippen LogP contribution < -0.4 is 10.2 Å². The fourth-order valence-corrected chi connectivity index (χ4v) is 4.27. The summed E-state index contributed by atoms with van der Waals surface area (Å²) in [4.78, 5) is 27.6. The first-order valence-electron chi connectivity index (χ1n) is 11.0. The maximum atomic E-state index is 13.5. The molecule has 9 heteroatoms. The summed E-state index contributed by atoms with van der Waals surface area (Å²) in [7, 11) is 0. The van der Waals surface area contributed by atoms with Crippen molar-refractivity contribution in [1.29, 1.82) is 0 Å². The molecule has 1 aliphatic rings. The van der Waals surface area contributed by atoms with Crippen molar-refractivity contribution in [2.45, 2.75) is 19.3 Å². The molecule has 0 aliphatic carbocycles. The molecule has 0 bridgehead atoms. The zero-order chi connectivity index (χ0) is 25.4. The summed E-state index contributed by atoms with van der Waals surface area (Å²) in [6, 6.07) is 19.3. The number of para-hydroxylation sites is 1. The van der Waals surface area contributed by atoms with Gasteiger partial charge in [0, 0.05) is 35.4 Å². The first kappa shape index (κ1) is 23.3. The molecule has 0 saturated carbocycles. The standard InChI is InChI=1S/C27H19F4N3O2/c28-19-9-12-22(23(14-19)27(29,30)31)25(35)32-20-10-7-17(8-11-20)26(36)34-16-21-5-3-13-33(21)15-18-4-1-2-6-24(18)34/h1-14H,15-16H2,(H,32,35). The van der Waals surface area contributed by atoms with Gasteiger partial charge in [0.1, 0.15) is 5.82 Å².